The van der Waals surface area contributed by atoms with Crippen molar-refractivity contribution in [2.75, 3.05) is 7.11 Å². The molecular formula is C23H30O9. The Morgan fingerprint density at radius 2 is 1.69 bits per heavy atom. The third-order valence-electron chi connectivity index (χ3n) is 5.64. The Balaban J connectivity index is 1.72. The van der Waals surface area contributed by atoms with Crippen molar-refractivity contribution in [2.45, 2.75) is 69.5 Å². The molecule has 0 amide bonds. The molecule has 176 valence electrons. The SMILES string of the molecule is COc1cc(O)c2c(O)c3c(cc2c1)C[C@@H](CC(O)CC(O)CC(O)CC(C)O)OC3=O. The van der Waals surface area contributed by atoms with Crippen molar-refractivity contribution < 1.29 is 44.9 Å². The molecular weight excluding hydrogens is 420 g/mol. The number of phenols is 2. The van der Waals surface area contributed by atoms with Crippen molar-refractivity contribution in [3.05, 3.63) is 29.3 Å². The fourth-order valence-electron chi connectivity index (χ4n) is 4.28. The Bertz CT molecular complexity index is 972. The number of cyclic esters (lactones) is 1. The second-order valence-corrected chi connectivity index (χ2v) is 8.49. The first-order valence-corrected chi connectivity index (χ1v) is 10.6. The quantitative estimate of drug-likeness (QED) is 0.310. The Labute approximate surface area is 185 Å². The standard InChI is InChI=1S/C23H30O9/c1-11(24)3-14(25)7-15(26)8-16(27)9-18-6-13-4-12-5-17(31-2)10-19(28)20(12)22(29)21(13)23(30)32-18/h4-5,10-11,14-16,18,24-29H,3,6-9H2,1-2H3/t11?,14?,15?,16?,18-/m0/s1. The molecule has 1 aliphatic heterocycles. The number of phenolic OH excluding ortho intramolecular Hbond substituents is 2. The van der Waals surface area contributed by atoms with Gasteiger partial charge in [0.05, 0.1) is 36.9 Å². The molecule has 32 heavy (non-hydrogen) atoms. The molecule has 4 unspecified atom stereocenters. The van der Waals surface area contributed by atoms with Gasteiger partial charge >= 0.3 is 5.97 Å². The third-order valence-corrected chi connectivity index (χ3v) is 5.64. The maximum Gasteiger partial charge on any atom is 0.342 e. The number of esters is 1. The Morgan fingerprint density at radius 3 is 2.34 bits per heavy atom. The van der Waals surface area contributed by atoms with Crippen molar-refractivity contribution in [1.82, 2.24) is 0 Å². The summed E-state index contributed by atoms with van der Waals surface area (Å²) in [6.07, 6.45) is -3.80. The third kappa shape index (κ3) is 5.42. The number of fused-ring (bicyclic) bond motifs is 2. The lowest BCUT2D eigenvalue weighted by Gasteiger charge is -2.28. The van der Waals surface area contributed by atoms with Gasteiger partial charge < -0.3 is 40.1 Å². The number of aliphatic hydroxyl groups is 4. The number of carbonyl (C=O) groups is 1. The second-order valence-electron chi connectivity index (χ2n) is 8.49. The van der Waals surface area contributed by atoms with Gasteiger partial charge in [-0.2, -0.15) is 0 Å². The minimum absolute atomic E-state index is 0.0143. The fraction of sp³-hybridized carbons (Fsp3) is 0.522. The molecule has 9 nitrogen and oxygen atoms in total. The van der Waals surface area contributed by atoms with E-state index in [0.717, 1.165) is 0 Å². The van der Waals surface area contributed by atoms with E-state index in [9.17, 15) is 35.4 Å². The van der Waals surface area contributed by atoms with Gasteiger partial charge in [-0.05, 0) is 49.3 Å². The van der Waals surface area contributed by atoms with Gasteiger partial charge in [-0.25, -0.2) is 4.79 Å². The van der Waals surface area contributed by atoms with Crippen LogP contribution >= 0.6 is 0 Å². The Hall–Kier alpha value is -2.59. The highest BCUT2D eigenvalue weighted by Crippen LogP contribution is 2.42. The minimum Gasteiger partial charge on any atom is -0.507 e. The van der Waals surface area contributed by atoms with Crippen LogP contribution in [0.4, 0.5) is 0 Å². The maximum atomic E-state index is 12.6. The first kappa shape index (κ1) is 24.1. The molecule has 1 heterocycles. The lowest BCUT2D eigenvalue weighted by Crippen LogP contribution is -2.33. The number of benzene rings is 2. The minimum atomic E-state index is -0.985. The second kappa shape index (κ2) is 9.91. The number of carbonyl (C=O) groups excluding carboxylic acids is 1. The van der Waals surface area contributed by atoms with Crippen LogP contribution in [0.1, 0.15) is 48.5 Å². The summed E-state index contributed by atoms with van der Waals surface area (Å²) in [5, 5.41) is 61.0. The summed E-state index contributed by atoms with van der Waals surface area (Å²) in [6.45, 7) is 1.54. The largest absolute Gasteiger partial charge is 0.507 e. The van der Waals surface area contributed by atoms with Crippen LogP contribution in [-0.2, 0) is 11.2 Å². The summed E-state index contributed by atoms with van der Waals surface area (Å²) in [5.41, 5.74) is 0.494. The first-order chi connectivity index (χ1) is 15.1. The predicted octanol–water partition coefficient (Wildman–Crippen LogP) is 1.36. The van der Waals surface area contributed by atoms with E-state index in [1.54, 1.807) is 12.1 Å². The summed E-state index contributed by atoms with van der Waals surface area (Å²) in [5.74, 6) is -0.960. The highest BCUT2D eigenvalue weighted by Gasteiger charge is 2.32. The molecule has 1 aliphatic rings. The monoisotopic (exact) mass is 450 g/mol. The summed E-state index contributed by atoms with van der Waals surface area (Å²) >= 11 is 0. The zero-order valence-electron chi connectivity index (χ0n) is 18.1. The van der Waals surface area contributed by atoms with Crippen LogP contribution in [0.2, 0.25) is 0 Å². The Kier molecular flexibility index (Phi) is 7.45. The van der Waals surface area contributed by atoms with E-state index >= 15 is 0 Å². The van der Waals surface area contributed by atoms with Crippen molar-refractivity contribution in [3.8, 4) is 17.2 Å². The van der Waals surface area contributed by atoms with Crippen LogP contribution in [0.25, 0.3) is 10.8 Å². The van der Waals surface area contributed by atoms with Gasteiger partial charge in [0.1, 0.15) is 28.9 Å². The summed E-state index contributed by atoms with van der Waals surface area (Å²) in [4.78, 5) is 12.6. The average molecular weight is 450 g/mol. The van der Waals surface area contributed by atoms with E-state index in [0.29, 0.717) is 16.7 Å². The molecule has 0 bridgehead atoms. The number of aliphatic hydroxyl groups excluding tert-OH is 4. The van der Waals surface area contributed by atoms with Crippen molar-refractivity contribution >= 4 is 16.7 Å². The molecule has 3 rings (SSSR count). The number of rotatable bonds is 9. The van der Waals surface area contributed by atoms with E-state index in [-0.39, 0.29) is 54.6 Å². The number of hydrogen-bond donors (Lipinski definition) is 6. The van der Waals surface area contributed by atoms with Gasteiger partial charge in [-0.15, -0.1) is 0 Å². The molecule has 6 N–H and O–H groups in total. The fourth-order valence-corrected chi connectivity index (χ4v) is 4.28. The molecule has 0 fully saturated rings. The van der Waals surface area contributed by atoms with E-state index < -0.39 is 36.5 Å². The van der Waals surface area contributed by atoms with Gasteiger partial charge in [-0.3, -0.25) is 0 Å². The molecule has 2 aromatic rings. The van der Waals surface area contributed by atoms with E-state index in [1.807, 2.05) is 0 Å². The number of aromatic hydroxyl groups is 2. The van der Waals surface area contributed by atoms with Crippen molar-refractivity contribution in [2.24, 2.45) is 0 Å². The van der Waals surface area contributed by atoms with E-state index in [1.165, 1.54) is 20.1 Å². The molecule has 0 radical (unpaired) electrons. The molecule has 0 aliphatic carbocycles. The van der Waals surface area contributed by atoms with Gasteiger partial charge in [0.2, 0.25) is 0 Å². The predicted molar refractivity (Wildman–Crippen MR) is 115 cm³/mol. The van der Waals surface area contributed by atoms with Crippen LogP contribution in [-0.4, -0.2) is 74.2 Å². The first-order valence-electron chi connectivity index (χ1n) is 10.6. The van der Waals surface area contributed by atoms with Crippen LogP contribution < -0.4 is 4.74 Å². The van der Waals surface area contributed by atoms with Crippen molar-refractivity contribution in [1.29, 1.82) is 0 Å². The zero-order chi connectivity index (χ0) is 23.6. The lowest BCUT2D eigenvalue weighted by molar-refractivity contribution is -0.00684. The van der Waals surface area contributed by atoms with Gasteiger partial charge in [0, 0.05) is 18.9 Å². The van der Waals surface area contributed by atoms with Crippen LogP contribution in [0.15, 0.2) is 18.2 Å². The van der Waals surface area contributed by atoms with E-state index in [2.05, 4.69) is 0 Å². The van der Waals surface area contributed by atoms with Crippen LogP contribution in [0.5, 0.6) is 17.2 Å². The molecule has 0 aromatic heterocycles. The van der Waals surface area contributed by atoms with Crippen LogP contribution in [0.3, 0.4) is 0 Å². The Morgan fingerprint density at radius 1 is 1.03 bits per heavy atom. The van der Waals surface area contributed by atoms with Gasteiger partial charge in [0.25, 0.3) is 0 Å². The normalized spacial score (nSPS) is 19.7. The molecule has 0 saturated carbocycles. The zero-order valence-corrected chi connectivity index (χ0v) is 18.1. The summed E-state index contributed by atoms with van der Waals surface area (Å²) in [6, 6.07) is 4.65. The van der Waals surface area contributed by atoms with Gasteiger partial charge in [0.15, 0.2) is 0 Å². The van der Waals surface area contributed by atoms with Gasteiger partial charge in [-0.1, -0.05) is 0 Å². The molecule has 9 heteroatoms. The number of methoxy groups -OCH3 is 1. The number of hydrogen-bond acceptors (Lipinski definition) is 9. The van der Waals surface area contributed by atoms with Crippen molar-refractivity contribution in [3.63, 3.8) is 0 Å². The molecule has 0 saturated heterocycles. The molecule has 0 spiro atoms. The topological polar surface area (TPSA) is 157 Å². The molecule has 2 aromatic carbocycles. The summed E-state index contributed by atoms with van der Waals surface area (Å²) in [7, 11) is 1.45. The highest BCUT2D eigenvalue weighted by molar-refractivity contribution is 6.05. The van der Waals surface area contributed by atoms with E-state index in [4.69, 9.17) is 9.47 Å². The maximum absolute atomic E-state index is 12.6. The average Bonchev–Trinajstić information content (AvgIpc) is 2.65. The number of ether oxygens (including phenoxy) is 2. The lowest BCUT2D eigenvalue weighted by atomic mass is 9.90. The van der Waals surface area contributed by atoms with Crippen LogP contribution in [0, 0.1) is 0 Å². The highest BCUT2D eigenvalue weighted by atomic mass is 16.5. The molecule has 5 atom stereocenters. The smallest absolute Gasteiger partial charge is 0.342 e. The summed E-state index contributed by atoms with van der Waals surface area (Å²) < 4.78 is 10.5.